The van der Waals surface area contributed by atoms with Gasteiger partial charge in [0.1, 0.15) is 9.88 Å². The molecule has 1 aromatic carbocycles. The highest BCUT2D eigenvalue weighted by atomic mass is 32.2. The Kier molecular flexibility index (Phi) is 5.43. The number of anilines is 1. The van der Waals surface area contributed by atoms with Crippen molar-refractivity contribution in [2.45, 2.75) is 32.1 Å². The lowest BCUT2D eigenvalue weighted by Gasteiger charge is -2.06. The lowest BCUT2D eigenvalue weighted by molar-refractivity contribution is 0.0531. The van der Waals surface area contributed by atoms with Crippen LogP contribution < -0.4 is 4.72 Å². The van der Waals surface area contributed by atoms with Crippen molar-refractivity contribution in [2.24, 2.45) is 0 Å². The summed E-state index contributed by atoms with van der Waals surface area (Å²) in [6.45, 7) is 5.76. The molecule has 1 heterocycles. The topological polar surface area (TPSA) is 72.5 Å². The Labute approximate surface area is 140 Å². The smallest absolute Gasteiger partial charge is 0.348 e. The van der Waals surface area contributed by atoms with E-state index in [4.69, 9.17) is 4.74 Å². The lowest BCUT2D eigenvalue weighted by atomic mass is 10.2. The third-order valence-corrected chi connectivity index (χ3v) is 5.90. The van der Waals surface area contributed by atoms with Gasteiger partial charge in [-0.15, -0.1) is 11.3 Å². The monoisotopic (exact) mass is 353 g/mol. The maximum Gasteiger partial charge on any atom is 0.348 e. The number of hydrogen-bond acceptors (Lipinski definition) is 5. The number of hydrogen-bond donors (Lipinski definition) is 1. The van der Waals surface area contributed by atoms with E-state index in [2.05, 4.69) is 4.72 Å². The van der Waals surface area contributed by atoms with E-state index in [-0.39, 0.29) is 11.5 Å². The highest BCUT2D eigenvalue weighted by Crippen LogP contribution is 2.29. The fourth-order valence-electron chi connectivity index (χ4n) is 2.03. The second-order valence-corrected chi connectivity index (χ2v) is 7.68. The summed E-state index contributed by atoms with van der Waals surface area (Å²) in [7, 11) is -3.67. The molecule has 0 bridgehead atoms. The fraction of sp³-hybridized carbons (Fsp3) is 0.312. The Bertz CT molecular complexity index is 792. The van der Waals surface area contributed by atoms with Crippen molar-refractivity contribution >= 4 is 32.3 Å². The van der Waals surface area contributed by atoms with Gasteiger partial charge in [0.25, 0.3) is 10.0 Å². The SMILES string of the molecule is CCOC(=O)c1sc(NS(=O)(=O)c2ccc(CC)cc2)cc1C. The predicted molar refractivity (Wildman–Crippen MR) is 91.6 cm³/mol. The Balaban J connectivity index is 2.23. The molecule has 0 radical (unpaired) electrons. The molecule has 0 amide bonds. The number of benzene rings is 1. The van der Waals surface area contributed by atoms with Crippen LogP contribution in [0.25, 0.3) is 0 Å². The average Bonchev–Trinajstić information content (AvgIpc) is 2.87. The molecule has 0 saturated carbocycles. The van der Waals surface area contributed by atoms with Crippen LogP contribution in [-0.4, -0.2) is 21.0 Å². The number of carbonyl (C=O) groups is 1. The fourth-order valence-corrected chi connectivity index (χ4v) is 4.28. The molecule has 2 aromatic rings. The van der Waals surface area contributed by atoms with Gasteiger partial charge < -0.3 is 4.74 Å². The van der Waals surface area contributed by atoms with Gasteiger partial charge in [0.2, 0.25) is 0 Å². The second-order valence-electron chi connectivity index (χ2n) is 4.95. The van der Waals surface area contributed by atoms with Gasteiger partial charge >= 0.3 is 5.97 Å². The van der Waals surface area contributed by atoms with E-state index in [1.807, 2.05) is 6.92 Å². The van der Waals surface area contributed by atoms with Crippen LogP contribution in [0, 0.1) is 6.92 Å². The van der Waals surface area contributed by atoms with E-state index >= 15 is 0 Å². The first-order valence-electron chi connectivity index (χ1n) is 7.26. The number of nitrogens with one attached hydrogen (secondary N) is 1. The molecule has 0 aliphatic carbocycles. The molecule has 5 nitrogen and oxygen atoms in total. The van der Waals surface area contributed by atoms with Crippen LogP contribution >= 0.6 is 11.3 Å². The van der Waals surface area contributed by atoms with Gasteiger partial charge in [-0.1, -0.05) is 19.1 Å². The van der Waals surface area contributed by atoms with Gasteiger partial charge in [-0.05, 0) is 49.6 Å². The molecule has 1 N–H and O–H groups in total. The summed E-state index contributed by atoms with van der Waals surface area (Å²) in [5, 5.41) is 0.394. The summed E-state index contributed by atoms with van der Waals surface area (Å²) >= 11 is 1.07. The van der Waals surface area contributed by atoms with Gasteiger partial charge in [-0.2, -0.15) is 0 Å². The van der Waals surface area contributed by atoms with Gasteiger partial charge in [-0.25, -0.2) is 13.2 Å². The lowest BCUT2D eigenvalue weighted by Crippen LogP contribution is -2.12. The molecule has 0 unspecified atom stereocenters. The van der Waals surface area contributed by atoms with Crippen molar-refractivity contribution in [1.82, 2.24) is 0 Å². The van der Waals surface area contributed by atoms with Crippen molar-refractivity contribution in [1.29, 1.82) is 0 Å². The zero-order valence-corrected chi connectivity index (χ0v) is 14.9. The minimum absolute atomic E-state index is 0.193. The third kappa shape index (κ3) is 4.11. The van der Waals surface area contributed by atoms with Gasteiger partial charge in [0, 0.05) is 0 Å². The first kappa shape index (κ1) is 17.5. The van der Waals surface area contributed by atoms with E-state index in [1.54, 1.807) is 44.2 Å². The molecule has 7 heteroatoms. The Morgan fingerprint density at radius 2 is 1.87 bits per heavy atom. The molecule has 2 rings (SSSR count). The van der Waals surface area contributed by atoms with Crippen LogP contribution in [0.4, 0.5) is 5.00 Å². The van der Waals surface area contributed by atoms with Crippen LogP contribution in [0.5, 0.6) is 0 Å². The quantitative estimate of drug-likeness (QED) is 0.806. The molecule has 0 saturated heterocycles. The summed E-state index contributed by atoms with van der Waals surface area (Å²) in [5.74, 6) is -0.437. The molecule has 124 valence electrons. The normalized spacial score (nSPS) is 11.3. The van der Waals surface area contributed by atoms with E-state index < -0.39 is 16.0 Å². The van der Waals surface area contributed by atoms with E-state index in [0.29, 0.717) is 15.4 Å². The van der Waals surface area contributed by atoms with Crippen molar-refractivity contribution in [3.05, 3.63) is 46.3 Å². The van der Waals surface area contributed by atoms with E-state index in [0.717, 1.165) is 23.3 Å². The number of sulfonamides is 1. The minimum atomic E-state index is -3.67. The van der Waals surface area contributed by atoms with Crippen molar-refractivity contribution in [2.75, 3.05) is 11.3 Å². The summed E-state index contributed by atoms with van der Waals surface area (Å²) in [6.07, 6.45) is 0.848. The third-order valence-electron chi connectivity index (χ3n) is 3.26. The minimum Gasteiger partial charge on any atom is -0.462 e. The standard InChI is InChI=1S/C16H19NO4S2/c1-4-12-6-8-13(9-7-12)23(19,20)17-14-10-11(3)15(22-14)16(18)21-5-2/h6-10,17H,4-5H2,1-3H3. The van der Waals surface area contributed by atoms with Crippen molar-refractivity contribution < 1.29 is 17.9 Å². The summed E-state index contributed by atoms with van der Waals surface area (Å²) in [4.78, 5) is 12.4. The number of esters is 1. The molecular weight excluding hydrogens is 334 g/mol. The molecule has 0 fully saturated rings. The molecule has 0 spiro atoms. The highest BCUT2D eigenvalue weighted by Gasteiger charge is 2.19. The van der Waals surface area contributed by atoms with Crippen molar-refractivity contribution in [3.63, 3.8) is 0 Å². The molecule has 23 heavy (non-hydrogen) atoms. The second kappa shape index (κ2) is 7.14. The van der Waals surface area contributed by atoms with Crippen LogP contribution in [0.15, 0.2) is 35.2 Å². The van der Waals surface area contributed by atoms with Crippen LogP contribution in [0.1, 0.15) is 34.6 Å². The van der Waals surface area contributed by atoms with Gasteiger partial charge in [0.15, 0.2) is 0 Å². The highest BCUT2D eigenvalue weighted by molar-refractivity contribution is 7.93. The first-order chi connectivity index (χ1) is 10.9. The molecule has 0 atom stereocenters. The number of thiophene rings is 1. The Hall–Kier alpha value is -1.86. The van der Waals surface area contributed by atoms with E-state index in [1.165, 1.54) is 0 Å². The zero-order valence-electron chi connectivity index (χ0n) is 13.3. The maximum absolute atomic E-state index is 12.4. The molecule has 1 aromatic heterocycles. The predicted octanol–water partition coefficient (Wildman–Crippen LogP) is 3.60. The molecule has 0 aliphatic rings. The number of aryl methyl sites for hydroxylation is 2. The van der Waals surface area contributed by atoms with E-state index in [9.17, 15) is 13.2 Å². The Morgan fingerprint density at radius 3 is 2.43 bits per heavy atom. The van der Waals surface area contributed by atoms with Crippen molar-refractivity contribution in [3.8, 4) is 0 Å². The summed E-state index contributed by atoms with van der Waals surface area (Å²) in [6, 6.07) is 8.37. The van der Waals surface area contributed by atoms with Crippen LogP contribution in [-0.2, 0) is 21.2 Å². The number of ether oxygens (including phenoxy) is 1. The first-order valence-corrected chi connectivity index (χ1v) is 9.56. The maximum atomic E-state index is 12.4. The van der Waals surface area contributed by atoms with Crippen LogP contribution in [0.2, 0.25) is 0 Å². The zero-order chi connectivity index (χ0) is 17.0. The average molecular weight is 353 g/mol. The number of rotatable bonds is 6. The Morgan fingerprint density at radius 1 is 1.22 bits per heavy atom. The number of carbonyl (C=O) groups excluding carboxylic acids is 1. The van der Waals surface area contributed by atoms with Gasteiger partial charge in [0.05, 0.1) is 11.5 Å². The van der Waals surface area contributed by atoms with Crippen LogP contribution in [0.3, 0.4) is 0 Å². The van der Waals surface area contributed by atoms with Gasteiger partial charge in [-0.3, -0.25) is 4.72 Å². The molecular formula is C16H19NO4S2. The molecule has 0 aliphatic heterocycles. The summed E-state index contributed by atoms with van der Waals surface area (Å²) in [5.41, 5.74) is 1.76. The summed E-state index contributed by atoms with van der Waals surface area (Å²) < 4.78 is 32.3. The largest absolute Gasteiger partial charge is 0.462 e.